The van der Waals surface area contributed by atoms with Gasteiger partial charge in [-0.1, -0.05) is 75.8 Å². The number of rotatable bonds is 10. The molecule has 1 aliphatic carbocycles. The summed E-state index contributed by atoms with van der Waals surface area (Å²) in [4.78, 5) is 18.5. The minimum absolute atomic E-state index is 0. The number of halogens is 2. The molecule has 1 N–H and O–H groups in total. The van der Waals surface area contributed by atoms with E-state index in [9.17, 15) is 4.79 Å². The number of nitrogens with one attached hydrogen (secondary N) is 1. The van der Waals surface area contributed by atoms with Crippen LogP contribution >= 0.6 is 24.8 Å². The number of carbonyl (C=O) groups excluding carboxylic acids is 1. The van der Waals surface area contributed by atoms with E-state index < -0.39 is 0 Å². The van der Waals surface area contributed by atoms with E-state index in [0.717, 1.165) is 69.4 Å². The second-order valence-corrected chi connectivity index (χ2v) is 11.8. The molecule has 2 aromatic carbocycles. The number of nitrogens with zero attached hydrogens (tertiary/aromatic N) is 2. The lowest BCUT2D eigenvalue weighted by molar-refractivity contribution is -0.141. The number of hydrogen-bond acceptors (Lipinski definition) is 4. The van der Waals surface area contributed by atoms with Crippen molar-refractivity contribution in [1.82, 2.24) is 15.1 Å². The fraction of sp³-hybridized carbons (Fsp3) is 0.606. The molecule has 2 saturated heterocycles. The van der Waals surface area contributed by atoms with Gasteiger partial charge in [-0.25, -0.2) is 0 Å². The van der Waals surface area contributed by atoms with Crippen molar-refractivity contribution in [2.75, 3.05) is 26.2 Å². The lowest BCUT2D eigenvalue weighted by Crippen LogP contribution is -2.63. The minimum atomic E-state index is 0. The molecule has 2 atom stereocenters. The van der Waals surface area contributed by atoms with Gasteiger partial charge < -0.3 is 15.0 Å². The topological polar surface area (TPSA) is 44.8 Å². The number of carbonyl (C=O) groups is 1. The number of hydrogen-bond donors (Lipinski definition) is 1. The molecule has 1 unspecified atom stereocenters. The van der Waals surface area contributed by atoms with Crippen molar-refractivity contribution >= 4 is 30.7 Å². The second kappa shape index (κ2) is 16.6. The van der Waals surface area contributed by atoms with Crippen LogP contribution in [0.2, 0.25) is 0 Å². The number of benzene rings is 2. The smallest absolute Gasteiger partial charge is 0.240 e. The largest absolute Gasteiger partial charge is 0.457 e. The van der Waals surface area contributed by atoms with E-state index >= 15 is 0 Å². The van der Waals surface area contributed by atoms with Gasteiger partial charge in [-0.3, -0.25) is 9.69 Å². The maximum absolute atomic E-state index is 13.6. The van der Waals surface area contributed by atoms with Crippen molar-refractivity contribution in [2.24, 2.45) is 11.8 Å². The van der Waals surface area contributed by atoms with Crippen LogP contribution in [0.15, 0.2) is 54.6 Å². The van der Waals surface area contributed by atoms with E-state index in [1.807, 2.05) is 30.3 Å². The highest BCUT2D eigenvalue weighted by Gasteiger charge is 2.40. The fourth-order valence-corrected chi connectivity index (χ4v) is 6.83. The van der Waals surface area contributed by atoms with Crippen LogP contribution in [0.25, 0.3) is 0 Å². The molecule has 2 aliphatic heterocycles. The molecule has 5 nitrogen and oxygen atoms in total. The maximum atomic E-state index is 13.6. The number of amides is 1. The average Bonchev–Trinajstić information content (AvgIpc) is 2.96. The van der Waals surface area contributed by atoms with Gasteiger partial charge in [-0.15, -0.1) is 24.8 Å². The van der Waals surface area contributed by atoms with Crippen molar-refractivity contribution in [2.45, 2.75) is 89.8 Å². The summed E-state index contributed by atoms with van der Waals surface area (Å²) < 4.78 is 5.95. The molecule has 3 fully saturated rings. The highest BCUT2D eigenvalue weighted by atomic mass is 35.5. The zero-order chi connectivity index (χ0) is 26.2. The normalized spacial score (nSPS) is 22.8. The maximum Gasteiger partial charge on any atom is 0.240 e. The van der Waals surface area contributed by atoms with E-state index in [1.165, 1.54) is 50.5 Å². The van der Waals surface area contributed by atoms with Crippen LogP contribution in [-0.4, -0.2) is 54.0 Å². The summed E-state index contributed by atoms with van der Waals surface area (Å²) in [6.07, 6.45) is 12.3. The SMILES string of the molecule is CCCCN1C(=O)[C@H](CC2CCCCC2)NCC1C1CCN(Cc2ccc(Oc3ccccc3)cc2)CC1.Cl.Cl. The van der Waals surface area contributed by atoms with Crippen LogP contribution in [-0.2, 0) is 11.3 Å². The van der Waals surface area contributed by atoms with Crippen LogP contribution < -0.4 is 10.1 Å². The van der Waals surface area contributed by atoms with E-state index in [0.29, 0.717) is 17.9 Å². The Morgan fingerprint density at radius 1 is 0.875 bits per heavy atom. The average molecular weight is 591 g/mol. The van der Waals surface area contributed by atoms with Gasteiger partial charge in [0.2, 0.25) is 5.91 Å². The summed E-state index contributed by atoms with van der Waals surface area (Å²) in [5.74, 6) is 3.46. The molecule has 3 aliphatic rings. The third kappa shape index (κ3) is 8.85. The van der Waals surface area contributed by atoms with Crippen LogP contribution in [0.5, 0.6) is 11.5 Å². The van der Waals surface area contributed by atoms with Crippen molar-refractivity contribution in [3.05, 3.63) is 60.2 Å². The van der Waals surface area contributed by atoms with Crippen molar-refractivity contribution in [3.8, 4) is 11.5 Å². The Balaban J connectivity index is 0.00000220. The molecule has 0 radical (unpaired) electrons. The van der Waals surface area contributed by atoms with E-state index in [-0.39, 0.29) is 30.9 Å². The predicted molar refractivity (Wildman–Crippen MR) is 169 cm³/mol. The highest BCUT2D eigenvalue weighted by Crippen LogP contribution is 2.32. The second-order valence-electron chi connectivity index (χ2n) is 11.8. The number of ether oxygens (including phenoxy) is 1. The molecule has 2 aromatic rings. The molecule has 0 spiro atoms. The zero-order valence-electron chi connectivity index (χ0n) is 24.1. The van der Waals surface area contributed by atoms with E-state index in [4.69, 9.17) is 4.74 Å². The number of likely N-dealkylation sites (tertiary alicyclic amines) is 1. The fourth-order valence-electron chi connectivity index (χ4n) is 6.83. The molecule has 0 aromatic heterocycles. The molecule has 1 amide bonds. The molecular formula is C33H49Cl2N3O2. The third-order valence-electron chi connectivity index (χ3n) is 9.09. The molecule has 222 valence electrons. The van der Waals surface area contributed by atoms with Gasteiger partial charge in [0.15, 0.2) is 0 Å². The Morgan fingerprint density at radius 2 is 1.55 bits per heavy atom. The van der Waals surface area contributed by atoms with Crippen LogP contribution in [0.1, 0.15) is 76.7 Å². The van der Waals surface area contributed by atoms with Crippen LogP contribution in [0, 0.1) is 11.8 Å². The summed E-state index contributed by atoms with van der Waals surface area (Å²) >= 11 is 0. The molecule has 2 heterocycles. The van der Waals surface area contributed by atoms with Gasteiger partial charge >= 0.3 is 0 Å². The van der Waals surface area contributed by atoms with Gasteiger partial charge in [0.1, 0.15) is 11.5 Å². The Hall–Kier alpha value is -1.79. The molecule has 1 saturated carbocycles. The summed E-state index contributed by atoms with van der Waals surface area (Å²) in [7, 11) is 0. The summed E-state index contributed by atoms with van der Waals surface area (Å²) in [5, 5.41) is 3.73. The van der Waals surface area contributed by atoms with Crippen molar-refractivity contribution < 1.29 is 9.53 Å². The lowest BCUT2D eigenvalue weighted by atomic mass is 9.82. The van der Waals surface area contributed by atoms with Gasteiger partial charge in [0.05, 0.1) is 6.04 Å². The van der Waals surface area contributed by atoms with Gasteiger partial charge in [-0.05, 0) is 80.4 Å². The van der Waals surface area contributed by atoms with Gasteiger partial charge in [0.25, 0.3) is 0 Å². The zero-order valence-corrected chi connectivity index (χ0v) is 25.8. The standard InChI is InChI=1S/C33H47N3O2.2ClH/c1-2-3-20-36-32(24-34-31(33(36)37)23-26-10-6-4-7-11-26)28-18-21-35(22-19-28)25-27-14-16-30(17-15-27)38-29-12-8-5-9-13-29;;/h5,8-9,12-17,26,28,31-32,34H,2-4,6-7,10-11,18-25H2,1H3;2*1H/t31-,32?;;/m0../s1. The molecule has 40 heavy (non-hydrogen) atoms. The summed E-state index contributed by atoms with van der Waals surface area (Å²) in [6.45, 7) is 7.32. The molecule has 7 heteroatoms. The lowest BCUT2D eigenvalue weighted by Gasteiger charge is -2.46. The molecule has 0 bridgehead atoms. The monoisotopic (exact) mass is 589 g/mol. The first-order chi connectivity index (χ1) is 18.7. The Morgan fingerprint density at radius 3 is 2.23 bits per heavy atom. The first-order valence-electron chi connectivity index (χ1n) is 15.3. The van der Waals surface area contributed by atoms with Crippen LogP contribution in [0.3, 0.4) is 0 Å². The molecular weight excluding hydrogens is 541 g/mol. The van der Waals surface area contributed by atoms with Gasteiger partial charge in [0, 0.05) is 25.7 Å². The van der Waals surface area contributed by atoms with Crippen molar-refractivity contribution in [1.29, 1.82) is 0 Å². The summed E-state index contributed by atoms with van der Waals surface area (Å²) in [5.41, 5.74) is 1.33. The third-order valence-corrected chi connectivity index (χ3v) is 9.09. The van der Waals surface area contributed by atoms with Gasteiger partial charge in [-0.2, -0.15) is 0 Å². The first kappa shape index (κ1) is 32.7. The number of unbranched alkanes of at least 4 members (excludes halogenated alkanes) is 1. The molecule has 5 rings (SSSR count). The predicted octanol–water partition coefficient (Wildman–Crippen LogP) is 7.47. The Bertz CT molecular complexity index is 993. The Labute approximate surface area is 254 Å². The number of para-hydroxylation sites is 1. The summed E-state index contributed by atoms with van der Waals surface area (Å²) in [6, 6.07) is 18.9. The van der Waals surface area contributed by atoms with E-state index in [1.54, 1.807) is 0 Å². The van der Waals surface area contributed by atoms with E-state index in [2.05, 4.69) is 46.3 Å². The highest BCUT2D eigenvalue weighted by molar-refractivity contribution is 5.85. The number of piperidine rings is 1. The van der Waals surface area contributed by atoms with Crippen LogP contribution in [0.4, 0.5) is 0 Å². The van der Waals surface area contributed by atoms with Crippen molar-refractivity contribution in [3.63, 3.8) is 0 Å². The quantitative estimate of drug-likeness (QED) is 0.312. The number of piperazine rings is 1. The first-order valence-corrected chi connectivity index (χ1v) is 15.3. The minimum Gasteiger partial charge on any atom is -0.457 e. The Kier molecular flexibility index (Phi) is 13.6.